The average molecular weight is 449 g/mol. The Morgan fingerprint density at radius 1 is 1.04 bits per heavy atom. The highest BCUT2D eigenvalue weighted by Gasteiger charge is 2.24. The first-order chi connectivity index (χ1) is 13.0. The molecule has 2 aromatic carbocycles. The molecule has 8 heteroatoms. The Morgan fingerprint density at radius 3 is 2.22 bits per heavy atom. The summed E-state index contributed by atoms with van der Waals surface area (Å²) in [4.78, 5) is 17.3. The van der Waals surface area contributed by atoms with Gasteiger partial charge in [-0.15, -0.1) is 0 Å². The van der Waals surface area contributed by atoms with Crippen molar-refractivity contribution in [2.75, 3.05) is 21.3 Å². The maximum absolute atomic E-state index is 12.3. The number of thioether (sulfide) groups is 1. The van der Waals surface area contributed by atoms with Crippen molar-refractivity contribution in [3.8, 4) is 17.2 Å². The molecule has 1 N–H and O–H groups in total. The van der Waals surface area contributed by atoms with Gasteiger partial charge in [-0.25, -0.2) is 4.99 Å². The molecule has 2 aromatic rings. The largest absolute Gasteiger partial charge is 0.493 e. The highest BCUT2D eigenvalue weighted by atomic mass is 79.9. The number of amides is 1. The zero-order chi connectivity index (χ0) is 19.4. The van der Waals surface area contributed by atoms with Crippen molar-refractivity contribution in [1.82, 2.24) is 5.32 Å². The van der Waals surface area contributed by atoms with E-state index in [2.05, 4.69) is 26.2 Å². The molecular weight excluding hydrogens is 432 g/mol. The Labute approximate surface area is 169 Å². The quantitative estimate of drug-likeness (QED) is 0.687. The van der Waals surface area contributed by atoms with Gasteiger partial charge in [0, 0.05) is 4.47 Å². The van der Waals surface area contributed by atoms with E-state index in [-0.39, 0.29) is 5.91 Å². The van der Waals surface area contributed by atoms with E-state index in [4.69, 9.17) is 14.2 Å². The van der Waals surface area contributed by atoms with Gasteiger partial charge in [0.2, 0.25) is 5.75 Å². The molecule has 1 aliphatic rings. The molecule has 1 heterocycles. The van der Waals surface area contributed by atoms with Gasteiger partial charge in [-0.1, -0.05) is 15.9 Å². The third-order valence-corrected chi connectivity index (χ3v) is 5.13. The van der Waals surface area contributed by atoms with Gasteiger partial charge in [-0.2, -0.15) is 0 Å². The van der Waals surface area contributed by atoms with Crippen molar-refractivity contribution < 1.29 is 19.0 Å². The monoisotopic (exact) mass is 448 g/mol. The number of hydrogen-bond donors (Lipinski definition) is 1. The van der Waals surface area contributed by atoms with Crippen LogP contribution in [0.5, 0.6) is 17.2 Å². The van der Waals surface area contributed by atoms with E-state index in [1.54, 1.807) is 39.5 Å². The molecule has 0 saturated carbocycles. The first-order valence-corrected chi connectivity index (χ1v) is 9.50. The number of benzene rings is 2. The second-order valence-corrected chi connectivity index (χ2v) is 7.36. The Hall–Kier alpha value is -2.45. The van der Waals surface area contributed by atoms with Gasteiger partial charge >= 0.3 is 0 Å². The van der Waals surface area contributed by atoms with Gasteiger partial charge < -0.3 is 19.5 Å². The van der Waals surface area contributed by atoms with Crippen LogP contribution in [0.2, 0.25) is 0 Å². The zero-order valence-corrected chi connectivity index (χ0v) is 17.3. The lowest BCUT2D eigenvalue weighted by atomic mass is 10.1. The van der Waals surface area contributed by atoms with Gasteiger partial charge in [0.05, 0.1) is 31.9 Å². The molecule has 6 nitrogen and oxygen atoms in total. The lowest BCUT2D eigenvalue weighted by Gasteiger charge is -2.12. The summed E-state index contributed by atoms with van der Waals surface area (Å²) in [5.74, 6) is 1.35. The summed E-state index contributed by atoms with van der Waals surface area (Å²) in [7, 11) is 4.64. The number of ether oxygens (including phenoxy) is 3. The maximum atomic E-state index is 12.3. The van der Waals surface area contributed by atoms with Crippen LogP contribution in [0.3, 0.4) is 0 Å². The van der Waals surface area contributed by atoms with Crippen molar-refractivity contribution >= 4 is 50.5 Å². The Bertz CT molecular complexity index is 901. The molecule has 0 spiro atoms. The smallest absolute Gasteiger partial charge is 0.264 e. The summed E-state index contributed by atoms with van der Waals surface area (Å²) in [6.07, 6.45) is 1.76. The molecule has 0 unspecified atom stereocenters. The van der Waals surface area contributed by atoms with E-state index >= 15 is 0 Å². The molecule has 0 aliphatic carbocycles. The van der Waals surface area contributed by atoms with Crippen molar-refractivity contribution in [3.63, 3.8) is 0 Å². The Balaban J connectivity index is 1.89. The van der Waals surface area contributed by atoms with E-state index in [1.165, 1.54) is 11.8 Å². The second kappa shape index (κ2) is 8.49. The number of carbonyl (C=O) groups excluding carboxylic acids is 1. The first kappa shape index (κ1) is 19.3. The molecule has 1 amide bonds. The van der Waals surface area contributed by atoms with Crippen LogP contribution < -0.4 is 19.5 Å². The topological polar surface area (TPSA) is 69.2 Å². The van der Waals surface area contributed by atoms with Crippen LogP contribution in [-0.2, 0) is 4.79 Å². The van der Waals surface area contributed by atoms with Crippen molar-refractivity contribution in [1.29, 1.82) is 0 Å². The van der Waals surface area contributed by atoms with Crippen molar-refractivity contribution in [2.24, 2.45) is 4.99 Å². The molecule has 0 aromatic heterocycles. The fourth-order valence-electron chi connectivity index (χ4n) is 2.45. The van der Waals surface area contributed by atoms with Crippen LogP contribution in [0.25, 0.3) is 6.08 Å². The molecule has 1 aliphatic heterocycles. The molecule has 140 valence electrons. The summed E-state index contributed by atoms with van der Waals surface area (Å²) < 4.78 is 17.0. The molecule has 0 bridgehead atoms. The number of amidine groups is 1. The minimum Gasteiger partial charge on any atom is -0.493 e. The standard InChI is InChI=1S/C19H17BrN2O4S/c1-24-14-8-11(9-15(25-2)17(14)26-3)10-16-18(23)22-19(27-16)21-13-6-4-12(20)5-7-13/h4-10H,1-3H3,(H,21,22,23). The number of hydrogen-bond acceptors (Lipinski definition) is 6. The number of methoxy groups -OCH3 is 3. The zero-order valence-electron chi connectivity index (χ0n) is 14.9. The number of nitrogens with zero attached hydrogens (tertiary/aromatic N) is 1. The molecular formula is C19H17BrN2O4S. The van der Waals surface area contributed by atoms with Gasteiger partial charge in [-0.05, 0) is 59.8 Å². The molecule has 27 heavy (non-hydrogen) atoms. The van der Waals surface area contributed by atoms with E-state index in [1.807, 2.05) is 24.3 Å². The second-order valence-electron chi connectivity index (χ2n) is 5.42. The van der Waals surface area contributed by atoms with Crippen LogP contribution in [-0.4, -0.2) is 32.4 Å². The molecule has 1 saturated heterocycles. The van der Waals surface area contributed by atoms with Crippen LogP contribution >= 0.6 is 27.7 Å². The predicted octanol–water partition coefficient (Wildman–Crippen LogP) is 4.37. The number of rotatable bonds is 5. The van der Waals surface area contributed by atoms with Gasteiger partial charge in [0.15, 0.2) is 16.7 Å². The SMILES string of the molecule is COc1cc(C=C2SC(=Nc3ccc(Br)cc3)NC2=O)cc(OC)c1OC. The van der Waals surface area contributed by atoms with Crippen LogP contribution in [0.15, 0.2) is 50.8 Å². The fraction of sp³-hybridized carbons (Fsp3) is 0.158. The first-order valence-electron chi connectivity index (χ1n) is 7.89. The Kier molecular flexibility index (Phi) is 6.08. The van der Waals surface area contributed by atoms with Gasteiger partial charge in [0.1, 0.15) is 0 Å². The minimum absolute atomic E-state index is 0.204. The predicted molar refractivity (Wildman–Crippen MR) is 111 cm³/mol. The summed E-state index contributed by atoms with van der Waals surface area (Å²) >= 11 is 4.66. The molecule has 0 atom stereocenters. The Morgan fingerprint density at radius 2 is 1.67 bits per heavy atom. The summed E-state index contributed by atoms with van der Waals surface area (Å²) in [5.41, 5.74) is 1.52. The van der Waals surface area contributed by atoms with Crippen LogP contribution in [0, 0.1) is 0 Å². The summed E-state index contributed by atoms with van der Waals surface area (Å²) in [5, 5.41) is 3.30. The number of carbonyl (C=O) groups is 1. The third kappa shape index (κ3) is 4.45. The summed E-state index contributed by atoms with van der Waals surface area (Å²) in [6.45, 7) is 0. The third-order valence-electron chi connectivity index (χ3n) is 3.69. The number of halogens is 1. The maximum Gasteiger partial charge on any atom is 0.264 e. The molecule has 3 rings (SSSR count). The summed E-state index contributed by atoms with van der Waals surface area (Å²) in [6, 6.07) is 11.1. The van der Waals surface area contributed by atoms with E-state index in [0.29, 0.717) is 27.3 Å². The van der Waals surface area contributed by atoms with E-state index < -0.39 is 0 Å². The van der Waals surface area contributed by atoms with Crippen LogP contribution in [0.4, 0.5) is 5.69 Å². The van der Waals surface area contributed by atoms with Gasteiger partial charge in [0.25, 0.3) is 5.91 Å². The number of nitrogens with one attached hydrogen (secondary N) is 1. The number of aliphatic imine (C=N–C) groups is 1. The van der Waals surface area contributed by atoms with E-state index in [0.717, 1.165) is 15.7 Å². The minimum atomic E-state index is -0.204. The highest BCUT2D eigenvalue weighted by Crippen LogP contribution is 2.39. The van der Waals surface area contributed by atoms with E-state index in [9.17, 15) is 4.79 Å². The molecule has 0 radical (unpaired) electrons. The van der Waals surface area contributed by atoms with Gasteiger partial charge in [-0.3, -0.25) is 4.79 Å². The normalized spacial score (nSPS) is 16.5. The van der Waals surface area contributed by atoms with Crippen molar-refractivity contribution in [3.05, 3.63) is 51.3 Å². The average Bonchev–Trinajstić information content (AvgIpc) is 3.01. The highest BCUT2D eigenvalue weighted by molar-refractivity contribution is 9.10. The van der Waals surface area contributed by atoms with Crippen LogP contribution in [0.1, 0.15) is 5.56 Å². The molecule has 1 fully saturated rings. The fourth-order valence-corrected chi connectivity index (χ4v) is 3.56. The lowest BCUT2D eigenvalue weighted by Crippen LogP contribution is -2.19. The lowest BCUT2D eigenvalue weighted by molar-refractivity contribution is -0.115. The van der Waals surface area contributed by atoms with Crippen molar-refractivity contribution in [2.45, 2.75) is 0 Å².